The van der Waals surface area contributed by atoms with E-state index in [0.29, 0.717) is 37.7 Å². The van der Waals surface area contributed by atoms with Gasteiger partial charge in [-0.1, -0.05) is 33.1 Å². The van der Waals surface area contributed by atoms with E-state index in [1.807, 2.05) is 22.6 Å². The summed E-state index contributed by atoms with van der Waals surface area (Å²) in [6.07, 6.45) is 10.8. The zero-order valence-corrected chi connectivity index (χ0v) is 21.3. The van der Waals surface area contributed by atoms with Crippen molar-refractivity contribution < 1.29 is 19.2 Å². The Morgan fingerprint density at radius 3 is 2.29 bits per heavy atom. The Hall–Kier alpha value is -2.71. The number of hydrogen-bond donors (Lipinski definition) is 1. The van der Waals surface area contributed by atoms with Crippen LogP contribution in [0, 0.1) is 28.6 Å². The minimum Gasteiger partial charge on any atom is -0.359 e. The molecule has 4 aliphatic rings. The van der Waals surface area contributed by atoms with E-state index in [9.17, 15) is 14.4 Å². The summed E-state index contributed by atoms with van der Waals surface area (Å²) in [5.74, 6) is 0.544. The Morgan fingerprint density at radius 1 is 1.06 bits per heavy atom. The Bertz CT molecular complexity index is 961. The van der Waals surface area contributed by atoms with Crippen LogP contribution in [-0.4, -0.2) is 77.3 Å². The van der Waals surface area contributed by atoms with E-state index in [1.165, 1.54) is 32.1 Å². The molecule has 0 radical (unpaired) electrons. The lowest BCUT2D eigenvalue weighted by atomic mass is 9.71. The smallest absolute Gasteiger partial charge is 0.257 e. The van der Waals surface area contributed by atoms with Crippen LogP contribution in [0.1, 0.15) is 62.7 Å². The first-order chi connectivity index (χ1) is 16.7. The maximum absolute atomic E-state index is 13.3. The number of rotatable bonds is 5. The molecule has 35 heavy (non-hydrogen) atoms. The molecule has 2 aliphatic heterocycles. The van der Waals surface area contributed by atoms with Crippen molar-refractivity contribution in [1.82, 2.24) is 24.9 Å². The maximum Gasteiger partial charge on any atom is 0.257 e. The van der Waals surface area contributed by atoms with Crippen molar-refractivity contribution in [1.29, 1.82) is 0 Å². The first-order valence-electron chi connectivity index (χ1n) is 12.8. The Kier molecular flexibility index (Phi) is 7.06. The van der Waals surface area contributed by atoms with Crippen LogP contribution in [0.15, 0.2) is 12.4 Å². The van der Waals surface area contributed by atoms with Gasteiger partial charge in [-0.15, -0.1) is 0 Å². The van der Waals surface area contributed by atoms with Gasteiger partial charge in [0.25, 0.3) is 5.91 Å². The molecule has 9 nitrogen and oxygen atoms in total. The normalized spacial score (nSPS) is 26.5. The Morgan fingerprint density at radius 2 is 1.69 bits per heavy atom. The van der Waals surface area contributed by atoms with Crippen molar-refractivity contribution in [2.24, 2.45) is 28.6 Å². The van der Waals surface area contributed by atoms with Crippen LogP contribution in [0.2, 0.25) is 0 Å². The van der Waals surface area contributed by atoms with Gasteiger partial charge in [-0.3, -0.25) is 19.1 Å². The van der Waals surface area contributed by atoms with Gasteiger partial charge in [0.2, 0.25) is 11.8 Å². The lowest BCUT2D eigenvalue weighted by Gasteiger charge is -2.50. The van der Waals surface area contributed by atoms with E-state index in [0.717, 1.165) is 13.0 Å². The monoisotopic (exact) mass is 485 g/mol. The summed E-state index contributed by atoms with van der Waals surface area (Å²) in [5.41, 5.74) is 0.336. The molecule has 2 aliphatic carbocycles. The van der Waals surface area contributed by atoms with E-state index < -0.39 is 0 Å². The molecule has 2 atom stereocenters. The van der Waals surface area contributed by atoms with E-state index in [1.54, 1.807) is 18.1 Å². The number of hydrogen-bond acceptors (Lipinski definition) is 5. The van der Waals surface area contributed by atoms with Gasteiger partial charge in [0.05, 0.1) is 17.7 Å². The number of likely N-dealkylation sites (tertiary alicyclic amines) is 2. The number of nitrogens with one attached hydrogen (secondary N) is 1. The highest BCUT2D eigenvalue weighted by molar-refractivity contribution is 5.95. The zero-order valence-electron chi connectivity index (χ0n) is 21.3. The minimum absolute atomic E-state index is 0.0443. The summed E-state index contributed by atoms with van der Waals surface area (Å²) in [7, 11) is 1.64. The van der Waals surface area contributed by atoms with Gasteiger partial charge >= 0.3 is 0 Å². The highest BCUT2D eigenvalue weighted by Gasteiger charge is 2.61. The van der Waals surface area contributed by atoms with Crippen LogP contribution < -0.4 is 5.32 Å². The van der Waals surface area contributed by atoms with Crippen molar-refractivity contribution in [3.8, 4) is 0 Å². The predicted octanol–water partition coefficient (Wildman–Crippen LogP) is 1.97. The van der Waals surface area contributed by atoms with Crippen molar-refractivity contribution >= 4 is 24.5 Å². The molecule has 9 heteroatoms. The molecule has 2 saturated heterocycles. The second-order valence-electron chi connectivity index (χ2n) is 11.6. The van der Waals surface area contributed by atoms with Crippen molar-refractivity contribution in [3.05, 3.63) is 18.0 Å². The summed E-state index contributed by atoms with van der Waals surface area (Å²) in [5, 5.41) is 7.23. The largest absolute Gasteiger partial charge is 0.359 e. The Labute approximate surface area is 207 Å². The highest BCUT2D eigenvalue weighted by atomic mass is 16.2. The third-order valence-electron chi connectivity index (χ3n) is 8.68. The molecule has 0 aromatic carbocycles. The third-order valence-corrected chi connectivity index (χ3v) is 8.68. The fraction of sp³-hybridized carbons (Fsp3) is 0.731. The third kappa shape index (κ3) is 4.86. The molecule has 3 amide bonds. The zero-order chi connectivity index (χ0) is 25.4. The van der Waals surface area contributed by atoms with E-state index >= 15 is 0 Å². The number of nitrogens with zero attached hydrogens (tertiary/aromatic N) is 4. The molecule has 192 valence electrons. The van der Waals surface area contributed by atoms with Crippen molar-refractivity contribution in [2.45, 2.75) is 58.9 Å². The molecule has 2 unspecified atom stereocenters. The molecule has 3 heterocycles. The number of aromatic nitrogens is 2. The molecular weight excluding hydrogens is 446 g/mol. The Balaban J connectivity index is 0.00000141. The molecule has 1 N–H and O–H groups in total. The fourth-order valence-corrected chi connectivity index (χ4v) is 6.35. The average molecular weight is 486 g/mol. The summed E-state index contributed by atoms with van der Waals surface area (Å²) < 4.78 is 1.91. The maximum atomic E-state index is 13.3. The minimum atomic E-state index is -0.345. The molecule has 1 aromatic rings. The number of carbonyl (C=O) groups is 4. The van der Waals surface area contributed by atoms with Crippen molar-refractivity contribution in [2.75, 3.05) is 33.2 Å². The SMILES string of the molecule is C=O.CNC(=O)C1CN(C(=O)c2cnn(CC3CCCCC3)c2)CC12CN(C(=O)C1CC1(C)C)C2. The van der Waals surface area contributed by atoms with Gasteiger partial charge in [0, 0.05) is 57.3 Å². The lowest BCUT2D eigenvalue weighted by Crippen LogP contribution is -2.64. The van der Waals surface area contributed by atoms with Crippen LogP contribution in [0.25, 0.3) is 0 Å². The summed E-state index contributed by atoms with van der Waals surface area (Å²) in [6.45, 7) is 9.14. The van der Waals surface area contributed by atoms with Crippen LogP contribution >= 0.6 is 0 Å². The van der Waals surface area contributed by atoms with Gasteiger partial charge in [-0.25, -0.2) is 0 Å². The van der Waals surface area contributed by atoms with Crippen LogP contribution in [0.5, 0.6) is 0 Å². The first kappa shape index (κ1) is 25.4. The van der Waals surface area contributed by atoms with Gasteiger partial charge in [0.15, 0.2) is 0 Å². The van der Waals surface area contributed by atoms with Crippen LogP contribution in [0.3, 0.4) is 0 Å². The fourth-order valence-electron chi connectivity index (χ4n) is 6.35. The number of carbonyl (C=O) groups excluding carboxylic acids is 4. The van der Waals surface area contributed by atoms with Gasteiger partial charge in [0.1, 0.15) is 6.79 Å². The molecule has 1 spiro atoms. The topological polar surface area (TPSA) is 105 Å². The van der Waals surface area contributed by atoms with Crippen LogP contribution in [0.4, 0.5) is 0 Å². The lowest BCUT2D eigenvalue weighted by molar-refractivity contribution is -0.151. The van der Waals surface area contributed by atoms with E-state index in [4.69, 9.17) is 4.79 Å². The number of amides is 3. The predicted molar refractivity (Wildman–Crippen MR) is 130 cm³/mol. The van der Waals surface area contributed by atoms with Gasteiger partial charge in [-0.05, 0) is 30.6 Å². The molecule has 5 rings (SSSR count). The molecule has 0 bridgehead atoms. The van der Waals surface area contributed by atoms with Crippen molar-refractivity contribution in [3.63, 3.8) is 0 Å². The van der Waals surface area contributed by atoms with Crippen LogP contribution in [-0.2, 0) is 20.9 Å². The summed E-state index contributed by atoms with van der Waals surface area (Å²) >= 11 is 0. The molecule has 4 fully saturated rings. The molecule has 2 saturated carbocycles. The summed E-state index contributed by atoms with van der Waals surface area (Å²) in [6, 6.07) is 0. The van der Waals surface area contributed by atoms with E-state index in [-0.39, 0.29) is 40.4 Å². The molecule has 1 aromatic heterocycles. The second-order valence-corrected chi connectivity index (χ2v) is 11.6. The van der Waals surface area contributed by atoms with Gasteiger partial charge < -0.3 is 19.9 Å². The second kappa shape index (κ2) is 9.74. The van der Waals surface area contributed by atoms with Gasteiger partial charge in [-0.2, -0.15) is 5.10 Å². The highest BCUT2D eigenvalue weighted by Crippen LogP contribution is 2.54. The average Bonchev–Trinajstić information content (AvgIpc) is 3.19. The summed E-state index contributed by atoms with van der Waals surface area (Å²) in [4.78, 5) is 50.5. The quantitative estimate of drug-likeness (QED) is 0.687. The first-order valence-corrected chi connectivity index (χ1v) is 12.8. The standard InChI is InChI=1S/C25H37N5O3.CH2O/c1-24(2)9-19(24)23(33)29-15-25(16-29)14-28(13-20(25)21(31)26-3)22(32)18-10-27-30(12-18)11-17-7-5-4-6-8-17;1-2/h10,12,17,19-20H,4-9,11,13-16H2,1-3H3,(H,26,31);1H2. The van der Waals surface area contributed by atoms with E-state index in [2.05, 4.69) is 24.3 Å². The molecular formula is C26H39N5O4.